The number of benzene rings is 1. The van der Waals surface area contributed by atoms with E-state index in [1.54, 1.807) is 14.0 Å². The fourth-order valence-electron chi connectivity index (χ4n) is 3.13. The third-order valence-electron chi connectivity index (χ3n) is 4.26. The third-order valence-corrected chi connectivity index (χ3v) is 4.26. The van der Waals surface area contributed by atoms with Gasteiger partial charge in [-0.15, -0.1) is 5.92 Å². The predicted molar refractivity (Wildman–Crippen MR) is 92.3 cm³/mol. The van der Waals surface area contributed by atoms with Crippen LogP contribution >= 0.6 is 0 Å². The Morgan fingerprint density at radius 1 is 1.22 bits per heavy atom. The van der Waals surface area contributed by atoms with E-state index in [4.69, 9.17) is 4.74 Å². The predicted octanol–water partition coefficient (Wildman–Crippen LogP) is 3.42. The molecule has 4 nitrogen and oxygen atoms in total. The molecule has 0 atom stereocenters. The molecule has 0 saturated carbocycles. The van der Waals surface area contributed by atoms with E-state index in [0.717, 1.165) is 41.5 Å². The van der Waals surface area contributed by atoms with Crippen LogP contribution in [0.3, 0.4) is 0 Å². The molecule has 0 spiro atoms. The average Bonchev–Trinajstić information content (AvgIpc) is 2.61. The van der Waals surface area contributed by atoms with E-state index >= 15 is 0 Å². The maximum Gasteiger partial charge on any atom is 0.153 e. The highest BCUT2D eigenvalue weighted by Gasteiger charge is 2.18. The molecule has 0 amide bonds. The summed E-state index contributed by atoms with van der Waals surface area (Å²) in [7, 11) is 1.58. The Morgan fingerprint density at radius 2 is 2.00 bits per heavy atom. The zero-order valence-electron chi connectivity index (χ0n) is 13.6. The summed E-state index contributed by atoms with van der Waals surface area (Å²) in [4.78, 5) is 18.3. The zero-order valence-corrected chi connectivity index (χ0v) is 13.6. The summed E-state index contributed by atoms with van der Waals surface area (Å²) in [5.41, 5.74) is 1.38. The standard InChI is InChI=1S/C19H20N2O2/c1-3-7-14-12-20-19(21-8-5-4-6-9-21)17-11-18(23-2)15(13-22)10-16(14)17/h10-13H,4-6,8-9H2,1-2H3. The fraction of sp³-hybridized carbons (Fsp3) is 0.368. The number of fused-ring (bicyclic) bond motifs is 1. The maximum atomic E-state index is 11.3. The summed E-state index contributed by atoms with van der Waals surface area (Å²) >= 11 is 0. The topological polar surface area (TPSA) is 42.4 Å². The van der Waals surface area contributed by atoms with Crippen LogP contribution in [0.5, 0.6) is 5.75 Å². The number of aldehydes is 1. The Labute approximate surface area is 136 Å². The molecule has 1 aliphatic heterocycles. The Bertz CT molecular complexity index is 796. The van der Waals surface area contributed by atoms with Gasteiger partial charge in [-0.1, -0.05) is 5.92 Å². The molecule has 23 heavy (non-hydrogen) atoms. The first-order valence-corrected chi connectivity index (χ1v) is 7.92. The van der Waals surface area contributed by atoms with E-state index in [0.29, 0.717) is 11.3 Å². The highest BCUT2D eigenvalue weighted by molar-refractivity contribution is 6.00. The van der Waals surface area contributed by atoms with Crippen molar-refractivity contribution in [1.82, 2.24) is 4.98 Å². The lowest BCUT2D eigenvalue weighted by Gasteiger charge is -2.29. The highest BCUT2D eigenvalue weighted by Crippen LogP contribution is 2.33. The van der Waals surface area contributed by atoms with Crippen molar-refractivity contribution in [3.63, 3.8) is 0 Å². The second kappa shape index (κ2) is 6.70. The Hall–Kier alpha value is -2.54. The molecule has 4 heteroatoms. The van der Waals surface area contributed by atoms with Gasteiger partial charge in [-0.25, -0.2) is 4.98 Å². The molecule has 0 bridgehead atoms. The van der Waals surface area contributed by atoms with Crippen LogP contribution < -0.4 is 9.64 Å². The molecule has 0 unspecified atom stereocenters. The van der Waals surface area contributed by atoms with Gasteiger partial charge in [-0.2, -0.15) is 0 Å². The number of piperidine rings is 1. The number of methoxy groups -OCH3 is 1. The lowest BCUT2D eigenvalue weighted by Crippen LogP contribution is -2.30. The monoisotopic (exact) mass is 308 g/mol. The van der Waals surface area contributed by atoms with Gasteiger partial charge in [0.1, 0.15) is 11.6 Å². The number of carbonyl (C=O) groups excluding carboxylic acids is 1. The van der Waals surface area contributed by atoms with Crippen molar-refractivity contribution in [1.29, 1.82) is 0 Å². The normalized spacial score (nSPS) is 14.3. The summed E-state index contributed by atoms with van der Waals surface area (Å²) in [5, 5.41) is 1.95. The van der Waals surface area contributed by atoms with E-state index in [-0.39, 0.29) is 0 Å². The largest absolute Gasteiger partial charge is 0.496 e. The Kier molecular flexibility index (Phi) is 4.47. The van der Waals surface area contributed by atoms with Crippen LogP contribution in [0.2, 0.25) is 0 Å². The van der Waals surface area contributed by atoms with E-state index in [2.05, 4.69) is 21.7 Å². The number of rotatable bonds is 3. The van der Waals surface area contributed by atoms with Crippen LogP contribution in [0, 0.1) is 11.8 Å². The number of carbonyl (C=O) groups is 1. The van der Waals surface area contributed by atoms with Crippen molar-refractivity contribution in [3.05, 3.63) is 29.5 Å². The highest BCUT2D eigenvalue weighted by atomic mass is 16.5. The third kappa shape index (κ3) is 2.87. The number of ether oxygens (including phenoxy) is 1. The van der Waals surface area contributed by atoms with Gasteiger partial charge in [0.2, 0.25) is 0 Å². The minimum absolute atomic E-state index is 0.537. The van der Waals surface area contributed by atoms with Gasteiger partial charge in [0, 0.05) is 30.1 Å². The minimum atomic E-state index is 0.537. The molecule has 118 valence electrons. The van der Waals surface area contributed by atoms with Crippen LogP contribution in [0.4, 0.5) is 5.82 Å². The minimum Gasteiger partial charge on any atom is -0.496 e. The lowest BCUT2D eigenvalue weighted by atomic mass is 10.0. The molecule has 1 aromatic heterocycles. The number of anilines is 1. The first-order chi connectivity index (χ1) is 11.3. The van der Waals surface area contributed by atoms with Crippen LogP contribution in [0.25, 0.3) is 10.8 Å². The van der Waals surface area contributed by atoms with Gasteiger partial charge >= 0.3 is 0 Å². The number of hydrogen-bond acceptors (Lipinski definition) is 4. The Morgan fingerprint density at radius 3 is 2.65 bits per heavy atom. The summed E-state index contributed by atoms with van der Waals surface area (Å²) in [5.74, 6) is 7.53. The number of hydrogen-bond donors (Lipinski definition) is 0. The number of pyridine rings is 1. The molecule has 0 aliphatic carbocycles. The van der Waals surface area contributed by atoms with Crippen LogP contribution in [0.1, 0.15) is 42.1 Å². The maximum absolute atomic E-state index is 11.3. The molecule has 1 aliphatic rings. The summed E-state index contributed by atoms with van der Waals surface area (Å²) in [6.07, 6.45) is 6.27. The molecule has 3 rings (SSSR count). The molecule has 2 aromatic rings. The smallest absolute Gasteiger partial charge is 0.153 e. The number of aromatic nitrogens is 1. The number of nitrogens with zero attached hydrogens (tertiary/aromatic N) is 2. The molecule has 0 N–H and O–H groups in total. The Balaban J connectivity index is 2.26. The van der Waals surface area contributed by atoms with Crippen molar-refractivity contribution in [2.24, 2.45) is 0 Å². The average molecular weight is 308 g/mol. The molecular formula is C19H20N2O2. The second-order valence-electron chi connectivity index (χ2n) is 5.68. The van der Waals surface area contributed by atoms with Gasteiger partial charge < -0.3 is 9.64 Å². The van der Waals surface area contributed by atoms with Gasteiger partial charge in [-0.05, 0) is 38.3 Å². The summed E-state index contributed by atoms with van der Waals surface area (Å²) in [6, 6.07) is 3.77. The van der Waals surface area contributed by atoms with E-state index < -0.39 is 0 Å². The molecule has 1 saturated heterocycles. The van der Waals surface area contributed by atoms with Crippen LogP contribution in [0.15, 0.2) is 18.3 Å². The fourth-order valence-corrected chi connectivity index (χ4v) is 3.13. The van der Waals surface area contributed by atoms with Crippen molar-refractivity contribution in [2.75, 3.05) is 25.1 Å². The van der Waals surface area contributed by atoms with Crippen LogP contribution in [-0.4, -0.2) is 31.5 Å². The SMILES string of the molecule is CC#Cc1cnc(N2CCCCC2)c2cc(OC)c(C=O)cc12. The van der Waals surface area contributed by atoms with Gasteiger partial charge in [0.15, 0.2) is 6.29 Å². The van der Waals surface area contributed by atoms with Gasteiger partial charge in [-0.3, -0.25) is 4.79 Å². The van der Waals surface area contributed by atoms with E-state index in [1.165, 1.54) is 19.3 Å². The molecule has 2 heterocycles. The van der Waals surface area contributed by atoms with E-state index in [9.17, 15) is 4.79 Å². The summed E-state index contributed by atoms with van der Waals surface area (Å²) in [6.45, 7) is 3.83. The zero-order chi connectivity index (χ0) is 16.2. The first-order valence-electron chi connectivity index (χ1n) is 7.92. The van der Waals surface area contributed by atoms with Crippen LogP contribution in [-0.2, 0) is 0 Å². The first kappa shape index (κ1) is 15.4. The summed E-state index contributed by atoms with van der Waals surface area (Å²) < 4.78 is 5.37. The van der Waals surface area contributed by atoms with Crippen molar-refractivity contribution < 1.29 is 9.53 Å². The second-order valence-corrected chi connectivity index (χ2v) is 5.68. The van der Waals surface area contributed by atoms with E-state index in [1.807, 2.05) is 18.3 Å². The van der Waals surface area contributed by atoms with Crippen molar-refractivity contribution in [3.8, 4) is 17.6 Å². The van der Waals surface area contributed by atoms with Crippen molar-refractivity contribution in [2.45, 2.75) is 26.2 Å². The van der Waals surface area contributed by atoms with Gasteiger partial charge in [0.05, 0.1) is 18.2 Å². The molecular weight excluding hydrogens is 288 g/mol. The van der Waals surface area contributed by atoms with Crippen molar-refractivity contribution >= 4 is 22.9 Å². The van der Waals surface area contributed by atoms with Gasteiger partial charge in [0.25, 0.3) is 0 Å². The lowest BCUT2D eigenvalue weighted by molar-refractivity contribution is 0.112. The quantitative estimate of drug-likeness (QED) is 0.643. The molecule has 1 fully saturated rings. The molecule has 1 aromatic carbocycles. The molecule has 0 radical (unpaired) electrons.